The van der Waals surface area contributed by atoms with Crippen LogP contribution in [0.5, 0.6) is 0 Å². The molecule has 0 saturated heterocycles. The monoisotopic (exact) mass is 380 g/mol. The Morgan fingerprint density at radius 1 is 1.35 bits per heavy atom. The van der Waals surface area contributed by atoms with Gasteiger partial charge in [0.25, 0.3) is 0 Å². The van der Waals surface area contributed by atoms with Gasteiger partial charge in [-0.05, 0) is 25.5 Å². The van der Waals surface area contributed by atoms with Gasteiger partial charge in [-0.2, -0.15) is 0 Å². The van der Waals surface area contributed by atoms with Crippen LogP contribution in [0.3, 0.4) is 0 Å². The molecule has 0 saturated carbocycles. The van der Waals surface area contributed by atoms with Gasteiger partial charge >= 0.3 is 11.9 Å². The maximum absolute atomic E-state index is 12.1. The summed E-state index contributed by atoms with van der Waals surface area (Å²) in [6.07, 6.45) is 0. The minimum atomic E-state index is -1.56. The van der Waals surface area contributed by atoms with Gasteiger partial charge in [0.2, 0.25) is 0 Å². The van der Waals surface area contributed by atoms with Crippen LogP contribution in [0, 0.1) is 5.41 Å². The smallest absolute Gasteiger partial charge is 0.334 e. The molecule has 0 fully saturated rings. The fourth-order valence-corrected chi connectivity index (χ4v) is 3.35. The van der Waals surface area contributed by atoms with Crippen LogP contribution in [-0.2, 0) is 14.3 Å². The molecule has 0 bridgehead atoms. The molecule has 4 N–H and O–H groups in total. The van der Waals surface area contributed by atoms with Crippen LogP contribution in [0.25, 0.3) is 0 Å². The third-order valence-corrected chi connectivity index (χ3v) is 4.97. The highest BCUT2D eigenvalue weighted by molar-refractivity contribution is 6.31. The number of carbonyl (C=O) groups is 2. The number of carboxylic acid groups (broad SMARTS) is 2. The summed E-state index contributed by atoms with van der Waals surface area (Å²) in [7, 11) is 0. The number of hydrogen-bond donors (Lipinski definition) is 3. The number of carboxylic acids is 2. The van der Waals surface area contributed by atoms with Crippen molar-refractivity contribution < 1.29 is 24.5 Å². The maximum Gasteiger partial charge on any atom is 0.334 e. The number of hydrogen-bond acceptors (Lipinski definition) is 5. The van der Waals surface area contributed by atoms with Gasteiger partial charge in [-0.15, -0.1) is 0 Å². The zero-order valence-electron chi connectivity index (χ0n) is 14.5. The zero-order chi connectivity index (χ0) is 19.5. The first-order chi connectivity index (χ1) is 12.2. The Kier molecular flexibility index (Phi) is 6.17. The second-order valence-electron chi connectivity index (χ2n) is 6.17. The molecule has 0 amide bonds. The lowest BCUT2D eigenvalue weighted by atomic mass is 9.65. The molecule has 1 aromatic rings. The first-order valence-electron chi connectivity index (χ1n) is 8.02. The van der Waals surface area contributed by atoms with Crippen molar-refractivity contribution in [3.8, 4) is 0 Å². The number of nitrogens with zero attached hydrogens (tertiary/aromatic N) is 1. The van der Waals surface area contributed by atoms with Crippen LogP contribution in [0.1, 0.15) is 25.3 Å². The van der Waals surface area contributed by atoms with E-state index in [1.54, 1.807) is 31.2 Å². The Hall–Kier alpha value is -2.22. The lowest BCUT2D eigenvalue weighted by molar-refractivity contribution is -0.145. The summed E-state index contributed by atoms with van der Waals surface area (Å²) >= 11 is 6.29. The average Bonchev–Trinajstić information content (AvgIpc) is 2.58. The van der Waals surface area contributed by atoms with Crippen molar-refractivity contribution in [1.82, 2.24) is 0 Å². The van der Waals surface area contributed by atoms with E-state index in [4.69, 9.17) is 22.1 Å². The summed E-state index contributed by atoms with van der Waals surface area (Å²) in [5.74, 6) is -3.45. The molecule has 1 aliphatic heterocycles. The van der Waals surface area contributed by atoms with Crippen LogP contribution in [0.15, 0.2) is 40.5 Å². The molecule has 7 nitrogen and oxygen atoms in total. The van der Waals surface area contributed by atoms with E-state index < -0.39 is 23.3 Å². The molecule has 140 valence electrons. The van der Waals surface area contributed by atoms with Gasteiger partial charge in [0.1, 0.15) is 5.41 Å². The highest BCUT2D eigenvalue weighted by Crippen LogP contribution is 2.48. The number of aliphatic imine (C=N–C) groups is 1. The Bertz CT molecular complexity index is 790. The van der Waals surface area contributed by atoms with Crippen LogP contribution >= 0.6 is 11.6 Å². The molecular weight excluding hydrogens is 360 g/mol. The Morgan fingerprint density at radius 3 is 2.54 bits per heavy atom. The number of benzene rings is 1. The Balaban J connectivity index is 2.73. The highest BCUT2D eigenvalue weighted by Gasteiger charge is 2.52. The van der Waals surface area contributed by atoms with Crippen LogP contribution in [-0.4, -0.2) is 47.6 Å². The lowest BCUT2D eigenvalue weighted by Gasteiger charge is -2.38. The Morgan fingerprint density at radius 2 is 2.00 bits per heavy atom. The largest absolute Gasteiger partial charge is 0.481 e. The van der Waals surface area contributed by atoms with Gasteiger partial charge in [0.05, 0.1) is 24.5 Å². The van der Waals surface area contributed by atoms with Crippen molar-refractivity contribution in [3.63, 3.8) is 0 Å². The van der Waals surface area contributed by atoms with Crippen molar-refractivity contribution in [3.05, 3.63) is 46.1 Å². The van der Waals surface area contributed by atoms with Gasteiger partial charge in [0, 0.05) is 23.2 Å². The minimum Gasteiger partial charge on any atom is -0.481 e. The second-order valence-corrected chi connectivity index (χ2v) is 6.57. The van der Waals surface area contributed by atoms with E-state index in [0.717, 1.165) is 0 Å². The average molecular weight is 381 g/mol. The normalized spacial score (nSPS) is 22.9. The van der Waals surface area contributed by atoms with Gasteiger partial charge in [0.15, 0.2) is 0 Å². The number of halogens is 1. The molecule has 8 heteroatoms. The van der Waals surface area contributed by atoms with E-state index in [1.807, 2.05) is 0 Å². The summed E-state index contributed by atoms with van der Waals surface area (Å²) in [6, 6.07) is 6.62. The Labute approximate surface area is 156 Å². The quantitative estimate of drug-likeness (QED) is 0.624. The molecule has 1 aliphatic rings. The van der Waals surface area contributed by atoms with Crippen molar-refractivity contribution >= 4 is 29.3 Å². The van der Waals surface area contributed by atoms with E-state index in [1.165, 1.54) is 6.92 Å². The summed E-state index contributed by atoms with van der Waals surface area (Å²) in [5.41, 5.74) is 4.58. The molecule has 0 aromatic heterocycles. The van der Waals surface area contributed by atoms with Gasteiger partial charge in [-0.3, -0.25) is 9.79 Å². The molecule has 0 radical (unpaired) electrons. The van der Waals surface area contributed by atoms with Gasteiger partial charge < -0.3 is 20.7 Å². The molecule has 2 atom stereocenters. The molecule has 1 heterocycles. The molecular formula is C18H21ClN2O5. The predicted octanol–water partition coefficient (Wildman–Crippen LogP) is 2.30. The van der Waals surface area contributed by atoms with Crippen LogP contribution in [0.2, 0.25) is 5.02 Å². The van der Waals surface area contributed by atoms with Crippen LogP contribution in [0.4, 0.5) is 0 Å². The zero-order valence-corrected chi connectivity index (χ0v) is 15.3. The summed E-state index contributed by atoms with van der Waals surface area (Å²) in [6.45, 7) is 3.46. The van der Waals surface area contributed by atoms with Gasteiger partial charge in [-0.1, -0.05) is 29.8 Å². The van der Waals surface area contributed by atoms with E-state index in [9.17, 15) is 19.8 Å². The number of ether oxygens (including phenoxy) is 1. The number of aliphatic carboxylic acids is 2. The molecule has 2 rings (SSSR count). The summed E-state index contributed by atoms with van der Waals surface area (Å²) in [5, 5.41) is 20.0. The number of nitrogens with two attached hydrogens (primary N) is 1. The van der Waals surface area contributed by atoms with E-state index >= 15 is 0 Å². The fourth-order valence-electron chi connectivity index (χ4n) is 3.11. The molecule has 0 aliphatic carbocycles. The fraction of sp³-hybridized carbons (Fsp3) is 0.389. The molecule has 2 unspecified atom stereocenters. The molecule has 1 aromatic carbocycles. The van der Waals surface area contributed by atoms with E-state index in [0.29, 0.717) is 10.6 Å². The second kappa shape index (κ2) is 7.99. The predicted molar refractivity (Wildman–Crippen MR) is 97.6 cm³/mol. The minimum absolute atomic E-state index is 0.0766. The molecule has 26 heavy (non-hydrogen) atoms. The summed E-state index contributed by atoms with van der Waals surface area (Å²) in [4.78, 5) is 28.5. The standard InChI is InChI=1S/C18H21ClN2O5/c1-10-18(2,17(24)25)15(11-5-3-4-6-12(11)19)14(16(22)23)13(21-10)9-26-8-7-20/h3-6,15H,7-9,20H2,1-2H3,(H,22,23)(H,24,25). The van der Waals surface area contributed by atoms with Crippen LogP contribution < -0.4 is 5.73 Å². The lowest BCUT2D eigenvalue weighted by Crippen LogP contribution is -2.45. The third kappa shape index (κ3) is 3.51. The van der Waals surface area contributed by atoms with Crippen molar-refractivity contribution in [2.45, 2.75) is 19.8 Å². The molecule has 0 spiro atoms. The first kappa shape index (κ1) is 20.1. The van der Waals surface area contributed by atoms with E-state index in [2.05, 4.69) is 4.99 Å². The van der Waals surface area contributed by atoms with E-state index in [-0.39, 0.29) is 36.7 Å². The number of rotatable bonds is 7. The highest BCUT2D eigenvalue weighted by atomic mass is 35.5. The van der Waals surface area contributed by atoms with Crippen molar-refractivity contribution in [1.29, 1.82) is 0 Å². The van der Waals surface area contributed by atoms with Gasteiger partial charge in [-0.25, -0.2) is 4.79 Å². The third-order valence-electron chi connectivity index (χ3n) is 4.62. The first-order valence-corrected chi connectivity index (χ1v) is 8.40. The van der Waals surface area contributed by atoms with Crippen molar-refractivity contribution in [2.24, 2.45) is 16.1 Å². The van der Waals surface area contributed by atoms with Crippen molar-refractivity contribution in [2.75, 3.05) is 19.8 Å². The summed E-state index contributed by atoms with van der Waals surface area (Å²) < 4.78 is 5.36. The SMILES string of the molecule is CC1=NC(COCCN)=C(C(=O)O)C(c2ccccc2Cl)C1(C)C(=O)O. The topological polar surface area (TPSA) is 122 Å². The maximum atomic E-state index is 12.1.